The average molecular weight is 326 g/mol. The molecule has 0 fully saturated rings. The van der Waals surface area contributed by atoms with Crippen LogP contribution in [0.5, 0.6) is 0 Å². The van der Waals surface area contributed by atoms with Crippen LogP contribution in [0.25, 0.3) is 0 Å². The zero-order valence-electron chi connectivity index (χ0n) is 12.0. The molecule has 0 aliphatic carbocycles. The van der Waals surface area contributed by atoms with Crippen LogP contribution in [0, 0.1) is 12.3 Å². The number of alkyl halides is 3. The van der Waals surface area contributed by atoms with E-state index < -0.39 is 28.8 Å². The highest BCUT2D eigenvalue weighted by Crippen LogP contribution is 2.32. The molecule has 1 aromatic carbocycles. The van der Waals surface area contributed by atoms with Crippen molar-refractivity contribution in [3.8, 4) is 0 Å². The molecule has 0 amide bonds. The zero-order valence-corrected chi connectivity index (χ0v) is 12.0. The van der Waals surface area contributed by atoms with Crippen molar-refractivity contribution >= 4 is 5.84 Å². The first-order chi connectivity index (χ1) is 10.6. The van der Waals surface area contributed by atoms with Gasteiger partial charge in [-0.2, -0.15) is 13.2 Å². The third-order valence-corrected chi connectivity index (χ3v) is 3.39. The summed E-state index contributed by atoms with van der Waals surface area (Å²) >= 11 is 0. The first kappa shape index (κ1) is 16.5. The second-order valence-electron chi connectivity index (χ2n) is 4.93. The lowest BCUT2D eigenvalue weighted by atomic mass is 10.0. The molecule has 1 heterocycles. The van der Waals surface area contributed by atoms with E-state index in [-0.39, 0.29) is 23.2 Å². The Hall–Kier alpha value is -2.84. The van der Waals surface area contributed by atoms with Crippen LogP contribution in [0.15, 0.2) is 34.0 Å². The fourth-order valence-electron chi connectivity index (χ4n) is 2.16. The molecule has 0 saturated heterocycles. The van der Waals surface area contributed by atoms with E-state index >= 15 is 0 Å². The largest absolute Gasteiger partial charge is 0.416 e. The van der Waals surface area contributed by atoms with Crippen LogP contribution in [-0.4, -0.2) is 15.4 Å². The van der Waals surface area contributed by atoms with Crippen LogP contribution in [0.1, 0.15) is 22.3 Å². The van der Waals surface area contributed by atoms with E-state index in [4.69, 9.17) is 11.1 Å². The van der Waals surface area contributed by atoms with Gasteiger partial charge in [0, 0.05) is 6.20 Å². The molecule has 1 aromatic heterocycles. The fourth-order valence-corrected chi connectivity index (χ4v) is 2.16. The highest BCUT2D eigenvalue weighted by Gasteiger charge is 2.32. The predicted molar refractivity (Wildman–Crippen MR) is 77.6 cm³/mol. The number of nitrogens with one attached hydrogen (secondary N) is 2. The number of aromatic nitrogens is 2. The minimum Gasteiger partial charge on any atom is -0.383 e. The van der Waals surface area contributed by atoms with Crippen molar-refractivity contribution in [3.05, 3.63) is 67.5 Å². The number of hydrogen-bond donors (Lipinski definition) is 3. The highest BCUT2D eigenvalue weighted by atomic mass is 19.4. The SMILES string of the molecule is Cc1c(Cn2cc(C(=N)N)c(=O)[nH]c2=O)cccc1C(F)(F)F. The van der Waals surface area contributed by atoms with Gasteiger partial charge in [-0.15, -0.1) is 0 Å². The third-order valence-electron chi connectivity index (χ3n) is 3.39. The van der Waals surface area contributed by atoms with E-state index in [1.807, 2.05) is 4.98 Å². The lowest BCUT2D eigenvalue weighted by Crippen LogP contribution is -2.35. The van der Waals surface area contributed by atoms with Crippen LogP contribution >= 0.6 is 0 Å². The molecule has 0 saturated carbocycles. The van der Waals surface area contributed by atoms with Crippen LogP contribution in [0.2, 0.25) is 0 Å². The van der Waals surface area contributed by atoms with Gasteiger partial charge in [-0.05, 0) is 24.1 Å². The number of amidine groups is 1. The first-order valence-electron chi connectivity index (χ1n) is 6.45. The van der Waals surface area contributed by atoms with Crippen molar-refractivity contribution < 1.29 is 13.2 Å². The fraction of sp³-hybridized carbons (Fsp3) is 0.214. The van der Waals surface area contributed by atoms with Gasteiger partial charge in [-0.3, -0.25) is 19.8 Å². The molecule has 0 spiro atoms. The standard InChI is InChI=1S/C14H13F3N4O2/c1-7-8(3-2-4-10(7)14(15,16)17)5-21-6-9(11(18)19)12(22)20-13(21)23/h2-4,6H,5H2,1H3,(H3,18,19)(H,20,22,23). The summed E-state index contributed by atoms with van der Waals surface area (Å²) in [6.45, 7) is 1.12. The molecule has 2 rings (SSSR count). The molecular weight excluding hydrogens is 313 g/mol. The van der Waals surface area contributed by atoms with Gasteiger partial charge in [0.15, 0.2) is 0 Å². The molecule has 0 aliphatic heterocycles. The minimum atomic E-state index is -4.50. The first-order valence-corrected chi connectivity index (χ1v) is 6.45. The number of nitrogens with zero attached hydrogens (tertiary/aromatic N) is 1. The number of H-pyrrole nitrogens is 1. The second kappa shape index (κ2) is 5.75. The summed E-state index contributed by atoms with van der Waals surface area (Å²) in [5.74, 6) is -0.541. The second-order valence-corrected chi connectivity index (χ2v) is 4.93. The molecule has 6 nitrogen and oxygen atoms in total. The zero-order chi connectivity index (χ0) is 17.4. The van der Waals surface area contributed by atoms with Gasteiger partial charge < -0.3 is 5.73 Å². The molecule has 0 unspecified atom stereocenters. The Morgan fingerprint density at radius 1 is 1.35 bits per heavy atom. The van der Waals surface area contributed by atoms with E-state index in [2.05, 4.69) is 0 Å². The number of hydrogen-bond acceptors (Lipinski definition) is 3. The molecule has 0 radical (unpaired) electrons. The molecule has 122 valence electrons. The maximum atomic E-state index is 12.9. The van der Waals surface area contributed by atoms with E-state index in [0.717, 1.165) is 16.8 Å². The van der Waals surface area contributed by atoms with Crippen LogP contribution in [0.4, 0.5) is 13.2 Å². The van der Waals surface area contributed by atoms with Gasteiger partial charge >= 0.3 is 11.9 Å². The van der Waals surface area contributed by atoms with E-state index in [1.165, 1.54) is 19.1 Å². The van der Waals surface area contributed by atoms with Gasteiger partial charge in [0.2, 0.25) is 0 Å². The minimum absolute atomic E-state index is 0.0116. The number of benzene rings is 1. The van der Waals surface area contributed by atoms with Gasteiger partial charge in [-0.1, -0.05) is 12.1 Å². The lowest BCUT2D eigenvalue weighted by Gasteiger charge is -2.15. The summed E-state index contributed by atoms with van der Waals surface area (Å²) in [5, 5.41) is 7.27. The summed E-state index contributed by atoms with van der Waals surface area (Å²) in [6, 6.07) is 3.65. The number of rotatable bonds is 3. The van der Waals surface area contributed by atoms with Crippen molar-refractivity contribution in [1.29, 1.82) is 5.41 Å². The lowest BCUT2D eigenvalue weighted by molar-refractivity contribution is -0.138. The molecule has 0 bridgehead atoms. The van der Waals surface area contributed by atoms with Crippen molar-refractivity contribution in [1.82, 2.24) is 9.55 Å². The molecule has 0 aliphatic rings. The van der Waals surface area contributed by atoms with E-state index in [9.17, 15) is 22.8 Å². The Morgan fingerprint density at radius 3 is 2.57 bits per heavy atom. The highest BCUT2D eigenvalue weighted by molar-refractivity contribution is 5.94. The predicted octanol–water partition coefficient (Wildman–Crippen LogP) is 1.20. The molecule has 4 N–H and O–H groups in total. The molecule has 23 heavy (non-hydrogen) atoms. The summed E-state index contributed by atoms with van der Waals surface area (Å²) in [4.78, 5) is 25.3. The maximum Gasteiger partial charge on any atom is 0.416 e. The Labute approximate surface area is 127 Å². The van der Waals surface area contributed by atoms with Crippen LogP contribution < -0.4 is 17.0 Å². The smallest absolute Gasteiger partial charge is 0.383 e. The topological polar surface area (TPSA) is 105 Å². The summed E-state index contributed by atoms with van der Waals surface area (Å²) in [6.07, 6.45) is -3.44. The summed E-state index contributed by atoms with van der Waals surface area (Å²) in [7, 11) is 0. The third kappa shape index (κ3) is 3.33. The number of halogens is 3. The Balaban J connectivity index is 2.53. The van der Waals surface area contributed by atoms with Crippen molar-refractivity contribution in [3.63, 3.8) is 0 Å². The Morgan fingerprint density at radius 2 is 2.00 bits per heavy atom. The van der Waals surface area contributed by atoms with Gasteiger partial charge in [-0.25, -0.2) is 4.79 Å². The number of nitrogen functional groups attached to an aromatic ring is 1. The van der Waals surface area contributed by atoms with E-state index in [0.29, 0.717) is 0 Å². The van der Waals surface area contributed by atoms with Crippen molar-refractivity contribution in [2.24, 2.45) is 5.73 Å². The number of nitrogens with two attached hydrogens (primary N) is 1. The van der Waals surface area contributed by atoms with E-state index in [1.54, 1.807) is 0 Å². The van der Waals surface area contributed by atoms with Crippen molar-refractivity contribution in [2.45, 2.75) is 19.6 Å². The summed E-state index contributed by atoms with van der Waals surface area (Å²) < 4.78 is 39.7. The normalized spacial score (nSPS) is 11.5. The van der Waals surface area contributed by atoms with Gasteiger partial charge in [0.05, 0.1) is 17.7 Å². The molecule has 9 heteroatoms. The Bertz CT molecular complexity index is 881. The molecule has 2 aromatic rings. The summed E-state index contributed by atoms with van der Waals surface area (Å²) in [5.41, 5.74) is 2.86. The van der Waals surface area contributed by atoms with Gasteiger partial charge in [0.1, 0.15) is 5.84 Å². The Kier molecular flexibility index (Phi) is 4.13. The van der Waals surface area contributed by atoms with Crippen LogP contribution in [-0.2, 0) is 12.7 Å². The van der Waals surface area contributed by atoms with Crippen molar-refractivity contribution in [2.75, 3.05) is 0 Å². The van der Waals surface area contributed by atoms with Gasteiger partial charge in [0.25, 0.3) is 5.56 Å². The maximum absolute atomic E-state index is 12.9. The average Bonchev–Trinajstić information content (AvgIpc) is 2.42. The quantitative estimate of drug-likeness (QED) is 0.583. The monoisotopic (exact) mass is 326 g/mol. The number of aromatic amines is 1. The molecular formula is C14H13F3N4O2. The molecule has 0 atom stereocenters. The van der Waals surface area contributed by atoms with Crippen LogP contribution in [0.3, 0.4) is 0 Å².